The molecule has 19 heavy (non-hydrogen) atoms. The van der Waals surface area contributed by atoms with Crippen molar-refractivity contribution in [1.29, 1.82) is 0 Å². The van der Waals surface area contributed by atoms with Crippen molar-refractivity contribution in [3.63, 3.8) is 0 Å². The van der Waals surface area contributed by atoms with Crippen LogP contribution in [-0.4, -0.2) is 22.4 Å². The summed E-state index contributed by atoms with van der Waals surface area (Å²) < 4.78 is 1.01. The first-order chi connectivity index (χ1) is 9.18. The van der Waals surface area contributed by atoms with Gasteiger partial charge < -0.3 is 10.2 Å². The molecule has 0 saturated carbocycles. The van der Waals surface area contributed by atoms with E-state index in [4.69, 9.17) is 0 Å². The number of rotatable bonds is 0. The Morgan fingerprint density at radius 1 is 0.737 bits per heavy atom. The first-order valence-corrected chi connectivity index (χ1v) is 7.22. The first kappa shape index (κ1) is 11.6. The fourth-order valence-electron chi connectivity index (χ4n) is 3.64. The molecule has 0 fully saturated rings. The van der Waals surface area contributed by atoms with Crippen LogP contribution in [0.1, 0.15) is 34.1 Å². The van der Waals surface area contributed by atoms with Crippen LogP contribution in [0.15, 0.2) is 46.9 Å². The van der Waals surface area contributed by atoms with Crippen molar-refractivity contribution in [2.45, 2.75) is 24.0 Å². The third-order valence-corrected chi connectivity index (χ3v) is 4.91. The van der Waals surface area contributed by atoms with E-state index >= 15 is 0 Å². The molecule has 0 amide bonds. The number of hydrogen-bond donors (Lipinski definition) is 2. The van der Waals surface area contributed by atoms with Gasteiger partial charge in [0.15, 0.2) is 0 Å². The quantitative estimate of drug-likeness (QED) is 0.784. The van der Waals surface area contributed by atoms with Crippen LogP contribution in [0, 0.1) is 0 Å². The topological polar surface area (TPSA) is 40.5 Å². The van der Waals surface area contributed by atoms with Crippen molar-refractivity contribution >= 4 is 15.9 Å². The predicted molar refractivity (Wildman–Crippen MR) is 76.3 cm³/mol. The zero-order valence-corrected chi connectivity index (χ0v) is 11.7. The maximum absolute atomic E-state index is 10.4. The maximum Gasteiger partial charge on any atom is 0.0917 e. The van der Waals surface area contributed by atoms with Gasteiger partial charge >= 0.3 is 0 Å². The molecule has 3 aliphatic carbocycles. The summed E-state index contributed by atoms with van der Waals surface area (Å²) in [5.41, 5.74) is 4.58. The molecule has 2 aromatic rings. The van der Waals surface area contributed by atoms with Crippen molar-refractivity contribution in [1.82, 2.24) is 0 Å². The van der Waals surface area contributed by atoms with Crippen LogP contribution in [-0.2, 0) is 0 Å². The Labute approximate surface area is 119 Å². The highest BCUT2D eigenvalue weighted by Gasteiger charge is 2.48. The molecule has 0 saturated heterocycles. The Morgan fingerprint density at radius 3 is 1.89 bits per heavy atom. The molecular formula is C16H13BrO2. The Balaban J connectivity index is 2.05. The number of aliphatic hydroxyl groups is 2. The van der Waals surface area contributed by atoms with Crippen LogP contribution in [0.25, 0.3) is 0 Å². The zero-order valence-electron chi connectivity index (χ0n) is 10.1. The van der Waals surface area contributed by atoms with Gasteiger partial charge in [-0.05, 0) is 34.4 Å². The molecule has 3 aliphatic rings. The fraction of sp³-hybridized carbons (Fsp3) is 0.250. The monoisotopic (exact) mass is 316 g/mol. The van der Waals surface area contributed by atoms with Gasteiger partial charge in [-0.25, -0.2) is 0 Å². The van der Waals surface area contributed by atoms with Crippen molar-refractivity contribution in [2.24, 2.45) is 0 Å². The lowest BCUT2D eigenvalue weighted by atomic mass is 9.61. The normalized spacial score (nSPS) is 30.9. The second kappa shape index (κ2) is 3.92. The van der Waals surface area contributed by atoms with E-state index in [2.05, 4.69) is 40.2 Å². The van der Waals surface area contributed by atoms with Crippen LogP contribution >= 0.6 is 15.9 Å². The number of fused-ring (bicyclic) bond motifs is 1. The molecule has 96 valence electrons. The van der Waals surface area contributed by atoms with Crippen molar-refractivity contribution in [2.75, 3.05) is 0 Å². The summed E-state index contributed by atoms with van der Waals surface area (Å²) in [7, 11) is 0. The summed E-state index contributed by atoms with van der Waals surface area (Å²) in [5.74, 6) is -0.233. The number of hydrogen-bond acceptors (Lipinski definition) is 2. The van der Waals surface area contributed by atoms with Gasteiger partial charge in [0.05, 0.1) is 12.2 Å². The smallest absolute Gasteiger partial charge is 0.0917 e. The van der Waals surface area contributed by atoms with Crippen LogP contribution in [0.5, 0.6) is 0 Å². The minimum absolute atomic E-state index is 0.112. The summed E-state index contributed by atoms with van der Waals surface area (Å²) in [4.78, 5) is 0. The second-order valence-corrected chi connectivity index (χ2v) is 6.25. The number of benzene rings is 2. The van der Waals surface area contributed by atoms with Gasteiger partial charge in [-0.2, -0.15) is 0 Å². The van der Waals surface area contributed by atoms with E-state index in [0.717, 1.165) is 26.7 Å². The van der Waals surface area contributed by atoms with Crippen molar-refractivity contribution < 1.29 is 10.2 Å². The third kappa shape index (κ3) is 1.43. The lowest BCUT2D eigenvalue weighted by Crippen LogP contribution is -2.47. The Morgan fingerprint density at radius 2 is 1.26 bits per heavy atom. The summed E-state index contributed by atoms with van der Waals surface area (Å²) in [6.07, 6.45) is -1.43. The zero-order chi connectivity index (χ0) is 13.1. The minimum atomic E-state index is -0.721. The van der Waals surface area contributed by atoms with Gasteiger partial charge in [-0.1, -0.05) is 46.3 Å². The van der Waals surface area contributed by atoms with Gasteiger partial charge in [0.25, 0.3) is 0 Å². The van der Waals surface area contributed by atoms with Crippen molar-refractivity contribution in [3.8, 4) is 0 Å². The van der Waals surface area contributed by atoms with E-state index in [1.54, 1.807) is 0 Å². The molecule has 4 atom stereocenters. The number of aliphatic hydroxyl groups excluding tert-OH is 2. The molecule has 0 spiro atoms. The SMILES string of the molecule is OC1C2c3ccccc3C(c3cc(Br)ccc32)C1O. The summed E-state index contributed by atoms with van der Waals surface area (Å²) in [6, 6.07) is 14.2. The van der Waals surface area contributed by atoms with E-state index < -0.39 is 12.2 Å². The average molecular weight is 317 g/mol. The molecule has 5 rings (SSSR count). The van der Waals surface area contributed by atoms with E-state index in [0.29, 0.717) is 0 Å². The molecule has 4 unspecified atom stereocenters. The maximum atomic E-state index is 10.4. The lowest BCUT2D eigenvalue weighted by Gasteiger charge is -2.46. The van der Waals surface area contributed by atoms with Crippen LogP contribution < -0.4 is 0 Å². The number of halogens is 1. The highest BCUT2D eigenvalue weighted by molar-refractivity contribution is 9.10. The van der Waals surface area contributed by atoms with Crippen LogP contribution in [0.3, 0.4) is 0 Å². The molecule has 2 bridgehead atoms. The fourth-order valence-corrected chi connectivity index (χ4v) is 4.02. The molecule has 2 aromatic carbocycles. The largest absolute Gasteiger partial charge is 0.389 e. The van der Waals surface area contributed by atoms with E-state index in [1.165, 1.54) is 0 Å². The molecule has 0 heterocycles. The summed E-state index contributed by atoms with van der Waals surface area (Å²) in [5, 5.41) is 20.8. The minimum Gasteiger partial charge on any atom is -0.389 e. The van der Waals surface area contributed by atoms with Gasteiger partial charge in [-0.15, -0.1) is 0 Å². The first-order valence-electron chi connectivity index (χ1n) is 6.43. The summed E-state index contributed by atoms with van der Waals surface area (Å²) in [6.45, 7) is 0. The average Bonchev–Trinajstić information content (AvgIpc) is 2.42. The molecule has 0 aromatic heterocycles. The highest BCUT2D eigenvalue weighted by Crippen LogP contribution is 2.53. The van der Waals surface area contributed by atoms with Crippen molar-refractivity contribution in [3.05, 3.63) is 69.2 Å². The molecular weight excluding hydrogens is 304 g/mol. The second-order valence-electron chi connectivity index (χ2n) is 5.34. The molecule has 2 N–H and O–H groups in total. The predicted octanol–water partition coefficient (Wildman–Crippen LogP) is 2.76. The highest BCUT2D eigenvalue weighted by atomic mass is 79.9. The Bertz CT molecular complexity index is 668. The van der Waals surface area contributed by atoms with E-state index in [9.17, 15) is 10.2 Å². The van der Waals surface area contributed by atoms with Crippen LogP contribution in [0.4, 0.5) is 0 Å². The molecule has 0 aliphatic heterocycles. The molecule has 2 nitrogen and oxygen atoms in total. The standard InChI is InChI=1S/C16H13BrO2/c17-8-5-6-11-12(7-8)14-10-4-2-1-3-9(10)13(11)15(18)16(14)19/h1-7,13-16,18-19H. The third-order valence-electron chi connectivity index (χ3n) is 4.42. The Hall–Kier alpha value is -1.16. The lowest BCUT2D eigenvalue weighted by molar-refractivity contribution is -0.0154. The van der Waals surface area contributed by atoms with Crippen LogP contribution in [0.2, 0.25) is 0 Å². The van der Waals surface area contributed by atoms with Gasteiger partial charge in [0.1, 0.15) is 0 Å². The summed E-state index contributed by atoms with van der Waals surface area (Å²) >= 11 is 3.49. The van der Waals surface area contributed by atoms with E-state index in [-0.39, 0.29) is 11.8 Å². The molecule has 0 radical (unpaired) electrons. The van der Waals surface area contributed by atoms with Gasteiger partial charge in [-0.3, -0.25) is 0 Å². The van der Waals surface area contributed by atoms with E-state index in [1.807, 2.05) is 18.2 Å². The Kier molecular flexibility index (Phi) is 2.40. The van der Waals surface area contributed by atoms with Gasteiger partial charge in [0, 0.05) is 16.3 Å². The molecule has 3 heteroatoms. The van der Waals surface area contributed by atoms with Gasteiger partial charge in [0.2, 0.25) is 0 Å².